The van der Waals surface area contributed by atoms with E-state index >= 15 is 0 Å². The number of aliphatic imine (C=N–C) groups is 1. The lowest BCUT2D eigenvalue weighted by Gasteiger charge is -2.43. The molecular weight excluding hydrogens is 420 g/mol. The van der Waals surface area contributed by atoms with Crippen LogP contribution in [0.2, 0.25) is 0 Å². The Morgan fingerprint density at radius 3 is 2.36 bits per heavy atom. The van der Waals surface area contributed by atoms with E-state index in [4.69, 9.17) is 5.21 Å². The van der Waals surface area contributed by atoms with Crippen molar-refractivity contribution >= 4 is 23.6 Å². The van der Waals surface area contributed by atoms with Gasteiger partial charge in [0.25, 0.3) is 5.91 Å². The molecule has 0 saturated carbocycles. The van der Waals surface area contributed by atoms with E-state index in [1.807, 2.05) is 54.3 Å². The SMILES string of the molecule is Cc1ccc(NC(=O)N2CCC(NC3=NCC(C(=O)NO)=CN3)(c3ccccc3)CC2)cc1. The molecule has 0 aliphatic carbocycles. The monoisotopic (exact) mass is 448 g/mol. The van der Waals surface area contributed by atoms with Gasteiger partial charge in [0.15, 0.2) is 5.96 Å². The normalized spacial score (nSPS) is 17.2. The van der Waals surface area contributed by atoms with Gasteiger partial charge in [-0.05, 0) is 37.5 Å². The van der Waals surface area contributed by atoms with Crippen molar-refractivity contribution in [1.29, 1.82) is 0 Å². The second-order valence-corrected chi connectivity index (χ2v) is 8.28. The van der Waals surface area contributed by atoms with Crippen LogP contribution in [0.3, 0.4) is 0 Å². The van der Waals surface area contributed by atoms with Gasteiger partial charge in [0.1, 0.15) is 0 Å². The number of carbonyl (C=O) groups is 2. The number of urea groups is 1. The third kappa shape index (κ3) is 5.15. The number of hydrogen-bond acceptors (Lipinski definition) is 6. The number of likely N-dealkylation sites (tertiary alicyclic amines) is 1. The van der Waals surface area contributed by atoms with Crippen molar-refractivity contribution in [1.82, 2.24) is 21.0 Å². The molecule has 9 nitrogen and oxygen atoms in total. The highest BCUT2D eigenvalue weighted by Gasteiger charge is 2.38. The molecule has 0 bridgehead atoms. The highest BCUT2D eigenvalue weighted by Crippen LogP contribution is 2.33. The Labute approximate surface area is 192 Å². The van der Waals surface area contributed by atoms with Crippen LogP contribution in [0.4, 0.5) is 10.5 Å². The first-order chi connectivity index (χ1) is 16.0. The van der Waals surface area contributed by atoms with Crippen LogP contribution < -0.4 is 21.4 Å². The molecule has 33 heavy (non-hydrogen) atoms. The van der Waals surface area contributed by atoms with Gasteiger partial charge < -0.3 is 20.9 Å². The number of benzene rings is 2. The maximum Gasteiger partial charge on any atom is 0.321 e. The first kappa shape index (κ1) is 22.3. The van der Waals surface area contributed by atoms with E-state index in [9.17, 15) is 9.59 Å². The first-order valence-electron chi connectivity index (χ1n) is 10.9. The van der Waals surface area contributed by atoms with Gasteiger partial charge in [-0.1, -0.05) is 48.0 Å². The van der Waals surface area contributed by atoms with E-state index in [0.717, 1.165) is 16.8 Å². The number of carbonyl (C=O) groups excluding carboxylic acids is 2. The van der Waals surface area contributed by atoms with Crippen molar-refractivity contribution in [3.63, 3.8) is 0 Å². The summed E-state index contributed by atoms with van der Waals surface area (Å²) in [6.07, 6.45) is 2.91. The molecule has 0 aromatic heterocycles. The Morgan fingerprint density at radius 1 is 1.06 bits per heavy atom. The molecule has 0 spiro atoms. The van der Waals surface area contributed by atoms with Crippen LogP contribution in [-0.4, -0.2) is 47.6 Å². The van der Waals surface area contributed by atoms with Gasteiger partial charge in [0, 0.05) is 25.0 Å². The van der Waals surface area contributed by atoms with Gasteiger partial charge in [-0.3, -0.25) is 10.0 Å². The largest absolute Gasteiger partial charge is 0.346 e. The average molecular weight is 449 g/mol. The van der Waals surface area contributed by atoms with E-state index in [0.29, 0.717) is 37.5 Å². The Morgan fingerprint density at radius 2 is 1.76 bits per heavy atom. The third-order valence-electron chi connectivity index (χ3n) is 6.07. The second kappa shape index (κ2) is 9.74. The summed E-state index contributed by atoms with van der Waals surface area (Å²) < 4.78 is 0. The number of nitrogens with zero attached hydrogens (tertiary/aromatic N) is 2. The minimum absolute atomic E-state index is 0.115. The quantitative estimate of drug-likeness (QED) is 0.364. The van der Waals surface area contributed by atoms with E-state index in [2.05, 4.69) is 33.1 Å². The molecule has 0 radical (unpaired) electrons. The number of anilines is 1. The van der Waals surface area contributed by atoms with Gasteiger partial charge in [0.2, 0.25) is 0 Å². The molecule has 2 aromatic carbocycles. The van der Waals surface area contributed by atoms with Crippen molar-refractivity contribution in [3.8, 4) is 0 Å². The van der Waals surface area contributed by atoms with Crippen molar-refractivity contribution in [2.24, 2.45) is 4.99 Å². The van der Waals surface area contributed by atoms with Crippen LogP contribution in [-0.2, 0) is 10.3 Å². The van der Waals surface area contributed by atoms with Crippen LogP contribution in [0, 0.1) is 6.92 Å². The van der Waals surface area contributed by atoms with Gasteiger partial charge in [0.05, 0.1) is 17.7 Å². The van der Waals surface area contributed by atoms with E-state index in [1.165, 1.54) is 6.20 Å². The van der Waals surface area contributed by atoms with Crippen molar-refractivity contribution in [2.45, 2.75) is 25.3 Å². The number of guanidine groups is 1. The number of aryl methyl sites for hydroxylation is 1. The molecule has 1 saturated heterocycles. The maximum atomic E-state index is 12.8. The summed E-state index contributed by atoms with van der Waals surface area (Å²) in [5, 5.41) is 18.3. The predicted octanol–water partition coefficient (Wildman–Crippen LogP) is 2.46. The summed E-state index contributed by atoms with van der Waals surface area (Å²) >= 11 is 0. The first-order valence-corrected chi connectivity index (χ1v) is 10.9. The van der Waals surface area contributed by atoms with Crippen LogP contribution in [0.1, 0.15) is 24.0 Å². The number of hydroxylamine groups is 1. The van der Waals surface area contributed by atoms with Gasteiger partial charge in [-0.2, -0.15) is 0 Å². The van der Waals surface area contributed by atoms with Crippen LogP contribution in [0.25, 0.3) is 0 Å². The van der Waals surface area contributed by atoms with Crippen molar-refractivity contribution in [3.05, 3.63) is 77.5 Å². The number of nitrogens with one attached hydrogen (secondary N) is 4. The zero-order chi connectivity index (χ0) is 23.3. The highest BCUT2D eigenvalue weighted by atomic mass is 16.5. The standard InChI is InChI=1S/C24H28N6O3/c1-17-7-9-20(10-8-17)27-23(32)30-13-11-24(12-14-30,19-5-3-2-4-6-19)28-22-25-15-18(16-26-22)21(31)29-33/h2-10,15,33H,11-14,16H2,1H3,(H,27,32)(H,29,31)(H2,25,26,28). The van der Waals surface area contributed by atoms with Gasteiger partial charge >= 0.3 is 6.03 Å². The molecule has 0 unspecified atom stereocenters. The zero-order valence-electron chi connectivity index (χ0n) is 18.5. The van der Waals surface area contributed by atoms with Gasteiger partial charge in [-0.15, -0.1) is 0 Å². The fraction of sp³-hybridized carbons (Fsp3) is 0.292. The van der Waals surface area contributed by atoms with E-state index in [1.54, 1.807) is 5.48 Å². The summed E-state index contributed by atoms with van der Waals surface area (Å²) in [5.41, 5.74) is 4.56. The smallest absolute Gasteiger partial charge is 0.321 e. The summed E-state index contributed by atoms with van der Waals surface area (Å²) in [7, 11) is 0. The number of piperidine rings is 1. The molecule has 4 rings (SSSR count). The van der Waals surface area contributed by atoms with Crippen LogP contribution in [0.5, 0.6) is 0 Å². The molecule has 2 heterocycles. The predicted molar refractivity (Wildman–Crippen MR) is 126 cm³/mol. The molecule has 9 heteroatoms. The number of rotatable bonds is 4. The number of hydrogen-bond donors (Lipinski definition) is 5. The van der Waals surface area contributed by atoms with Crippen molar-refractivity contribution < 1.29 is 14.8 Å². The molecule has 172 valence electrons. The minimum atomic E-state index is -0.587. The lowest BCUT2D eigenvalue weighted by atomic mass is 9.81. The zero-order valence-corrected chi connectivity index (χ0v) is 18.5. The van der Waals surface area contributed by atoms with E-state index in [-0.39, 0.29) is 12.6 Å². The van der Waals surface area contributed by atoms with E-state index < -0.39 is 11.4 Å². The molecule has 2 aliphatic rings. The Bertz CT molecular complexity index is 1060. The fourth-order valence-electron chi connectivity index (χ4n) is 4.10. The molecule has 3 amide bonds. The van der Waals surface area contributed by atoms with Crippen LogP contribution >= 0.6 is 0 Å². The maximum absolute atomic E-state index is 12.8. The van der Waals surface area contributed by atoms with Crippen LogP contribution in [0.15, 0.2) is 71.4 Å². The molecule has 0 atom stereocenters. The second-order valence-electron chi connectivity index (χ2n) is 8.28. The summed E-state index contributed by atoms with van der Waals surface area (Å²) in [5.74, 6) is -0.0399. The molecule has 2 aliphatic heterocycles. The molecule has 5 N–H and O–H groups in total. The van der Waals surface area contributed by atoms with Crippen molar-refractivity contribution in [2.75, 3.05) is 25.0 Å². The fourth-order valence-corrected chi connectivity index (χ4v) is 4.10. The number of amides is 3. The Kier molecular flexibility index (Phi) is 6.60. The average Bonchev–Trinajstić information content (AvgIpc) is 2.86. The van der Waals surface area contributed by atoms with Gasteiger partial charge in [-0.25, -0.2) is 15.3 Å². The Balaban J connectivity index is 1.45. The summed E-state index contributed by atoms with van der Waals surface area (Å²) in [6.45, 7) is 3.30. The highest BCUT2D eigenvalue weighted by molar-refractivity contribution is 5.95. The summed E-state index contributed by atoms with van der Waals surface area (Å²) in [6, 6.07) is 17.7. The lowest BCUT2D eigenvalue weighted by molar-refractivity contribution is -0.125. The lowest BCUT2D eigenvalue weighted by Crippen LogP contribution is -2.57. The molecule has 1 fully saturated rings. The third-order valence-corrected chi connectivity index (χ3v) is 6.07. The minimum Gasteiger partial charge on any atom is -0.346 e. The molecule has 2 aromatic rings. The topological polar surface area (TPSA) is 118 Å². The molecular formula is C24H28N6O3. The Hall–Kier alpha value is -3.85. The summed E-state index contributed by atoms with van der Waals surface area (Å²) in [4.78, 5) is 30.6.